The van der Waals surface area contributed by atoms with Crippen molar-refractivity contribution in [2.24, 2.45) is 0 Å². The number of fused-ring (bicyclic) bond motifs is 1. The molecule has 0 unspecified atom stereocenters. The molecule has 0 saturated carbocycles. The Bertz CT molecular complexity index is 634. The first-order chi connectivity index (χ1) is 8.56. The van der Waals surface area contributed by atoms with E-state index in [4.69, 9.17) is 4.74 Å². The Balaban J connectivity index is 2.67. The Kier molecular flexibility index (Phi) is 3.15. The largest absolute Gasteiger partial charge is 0.495 e. The molecule has 1 aromatic heterocycles. The summed E-state index contributed by atoms with van der Waals surface area (Å²) in [5, 5.41) is 11.4. The Morgan fingerprint density at radius 3 is 2.61 bits per heavy atom. The van der Waals surface area contributed by atoms with E-state index in [1.165, 1.54) is 37.7 Å². The van der Waals surface area contributed by atoms with Crippen molar-refractivity contribution >= 4 is 33.1 Å². The molecule has 2 rings (SSSR count). The van der Waals surface area contributed by atoms with Gasteiger partial charge in [0.25, 0.3) is 5.69 Å². The van der Waals surface area contributed by atoms with E-state index >= 15 is 0 Å². The molecule has 0 bridgehead atoms. The highest BCUT2D eigenvalue weighted by Gasteiger charge is 2.17. The number of non-ortho nitro benzene ring substituents is 1. The summed E-state index contributed by atoms with van der Waals surface area (Å²) in [5.74, 6) is -0.0970. The van der Waals surface area contributed by atoms with Gasteiger partial charge in [0.15, 0.2) is 0 Å². The first-order valence-corrected chi connectivity index (χ1v) is 5.72. The normalized spacial score (nSPS) is 10.3. The molecule has 2 aromatic rings. The number of hydrogen-bond acceptors (Lipinski definition) is 6. The highest BCUT2D eigenvalue weighted by molar-refractivity contribution is 7.21. The van der Waals surface area contributed by atoms with Crippen LogP contribution < -0.4 is 4.74 Å². The summed E-state index contributed by atoms with van der Waals surface area (Å²) < 4.78 is 10.4. The third-order valence-corrected chi connectivity index (χ3v) is 3.53. The number of esters is 1. The summed E-state index contributed by atoms with van der Waals surface area (Å²) in [5.41, 5.74) is -0.0754. The summed E-state index contributed by atoms with van der Waals surface area (Å²) in [6, 6.07) is 4.29. The number of nitro benzene ring substituents is 1. The maximum absolute atomic E-state index is 11.4. The molecule has 94 valence electrons. The third-order valence-electron chi connectivity index (χ3n) is 2.38. The van der Waals surface area contributed by atoms with Gasteiger partial charge in [0.1, 0.15) is 10.6 Å². The lowest BCUT2D eigenvalue weighted by Crippen LogP contribution is -1.96. The summed E-state index contributed by atoms with van der Waals surface area (Å²) in [6.45, 7) is 0. The number of nitro groups is 1. The Morgan fingerprint density at radius 2 is 2.06 bits per heavy atom. The van der Waals surface area contributed by atoms with Gasteiger partial charge in [-0.15, -0.1) is 11.3 Å². The predicted octanol–water partition coefficient (Wildman–Crippen LogP) is 2.60. The number of benzene rings is 1. The van der Waals surface area contributed by atoms with Crippen molar-refractivity contribution in [2.75, 3.05) is 14.2 Å². The van der Waals surface area contributed by atoms with Gasteiger partial charge in [0.2, 0.25) is 0 Å². The van der Waals surface area contributed by atoms with Gasteiger partial charge in [-0.25, -0.2) is 4.79 Å². The lowest BCUT2D eigenvalue weighted by atomic mass is 10.2. The number of nitrogens with zero attached hydrogens (tertiary/aromatic N) is 1. The van der Waals surface area contributed by atoms with Crippen LogP contribution >= 0.6 is 11.3 Å². The minimum atomic E-state index is -0.503. The van der Waals surface area contributed by atoms with Crippen LogP contribution in [0.15, 0.2) is 18.2 Å². The Morgan fingerprint density at radius 1 is 1.33 bits per heavy atom. The SMILES string of the molecule is COC(=O)c1cc2cc([N+](=O)[O-])cc(OC)c2s1. The molecule has 0 aliphatic rings. The zero-order valence-electron chi connectivity index (χ0n) is 9.63. The quantitative estimate of drug-likeness (QED) is 0.485. The van der Waals surface area contributed by atoms with Crippen LogP contribution in [0.1, 0.15) is 9.67 Å². The predicted molar refractivity (Wildman–Crippen MR) is 66.4 cm³/mol. The first-order valence-electron chi connectivity index (χ1n) is 4.91. The van der Waals surface area contributed by atoms with E-state index in [0.717, 1.165) is 0 Å². The minimum absolute atomic E-state index is 0.0754. The van der Waals surface area contributed by atoms with E-state index in [9.17, 15) is 14.9 Å². The van der Waals surface area contributed by atoms with Gasteiger partial charge in [-0.05, 0) is 6.07 Å². The lowest BCUT2D eigenvalue weighted by Gasteiger charge is -2.00. The number of hydrogen-bond donors (Lipinski definition) is 0. The van der Waals surface area contributed by atoms with Crippen LogP contribution in [0, 0.1) is 10.1 Å². The molecule has 18 heavy (non-hydrogen) atoms. The van der Waals surface area contributed by atoms with Gasteiger partial charge in [-0.1, -0.05) is 0 Å². The summed E-state index contributed by atoms with van der Waals surface area (Å²) in [7, 11) is 2.71. The van der Waals surface area contributed by atoms with Crippen LogP contribution in [0.4, 0.5) is 5.69 Å². The molecule has 7 heteroatoms. The van der Waals surface area contributed by atoms with Gasteiger partial charge >= 0.3 is 5.97 Å². The van der Waals surface area contributed by atoms with Crippen LogP contribution in [-0.2, 0) is 4.74 Å². The number of thiophene rings is 1. The fraction of sp³-hybridized carbons (Fsp3) is 0.182. The van der Waals surface area contributed by atoms with Crippen molar-refractivity contribution in [1.82, 2.24) is 0 Å². The number of rotatable bonds is 3. The maximum atomic E-state index is 11.4. The van der Waals surface area contributed by atoms with E-state index < -0.39 is 10.9 Å². The average molecular weight is 267 g/mol. The van der Waals surface area contributed by atoms with Crippen LogP contribution in [-0.4, -0.2) is 25.1 Å². The van der Waals surface area contributed by atoms with E-state index in [1.54, 1.807) is 6.07 Å². The van der Waals surface area contributed by atoms with Gasteiger partial charge in [-0.3, -0.25) is 10.1 Å². The Labute approximate surface area is 106 Å². The molecule has 1 aromatic carbocycles. The smallest absolute Gasteiger partial charge is 0.348 e. The van der Waals surface area contributed by atoms with E-state index in [-0.39, 0.29) is 5.69 Å². The van der Waals surface area contributed by atoms with E-state index in [1.807, 2.05) is 0 Å². The first kappa shape index (κ1) is 12.3. The van der Waals surface area contributed by atoms with Gasteiger partial charge in [-0.2, -0.15) is 0 Å². The van der Waals surface area contributed by atoms with Crippen molar-refractivity contribution in [1.29, 1.82) is 0 Å². The van der Waals surface area contributed by atoms with Gasteiger partial charge in [0, 0.05) is 11.5 Å². The third kappa shape index (κ3) is 2.00. The number of carbonyl (C=O) groups excluding carboxylic acids is 1. The monoisotopic (exact) mass is 267 g/mol. The second-order valence-corrected chi connectivity index (χ2v) is 4.48. The summed E-state index contributed by atoms with van der Waals surface area (Å²) in [6.07, 6.45) is 0. The van der Waals surface area contributed by atoms with Crippen molar-refractivity contribution in [3.8, 4) is 5.75 Å². The van der Waals surface area contributed by atoms with Gasteiger partial charge < -0.3 is 9.47 Å². The molecule has 0 saturated heterocycles. The molecule has 6 nitrogen and oxygen atoms in total. The Hall–Kier alpha value is -2.15. The molecule has 0 fully saturated rings. The van der Waals surface area contributed by atoms with Crippen LogP contribution in [0.2, 0.25) is 0 Å². The summed E-state index contributed by atoms with van der Waals surface area (Å²) >= 11 is 1.18. The molecule has 0 atom stereocenters. The molecule has 0 spiro atoms. The zero-order chi connectivity index (χ0) is 13.3. The van der Waals surface area contributed by atoms with E-state index in [2.05, 4.69) is 4.74 Å². The van der Waals surface area contributed by atoms with Crippen LogP contribution in [0.25, 0.3) is 10.1 Å². The maximum Gasteiger partial charge on any atom is 0.348 e. The lowest BCUT2D eigenvalue weighted by molar-refractivity contribution is -0.384. The zero-order valence-corrected chi connectivity index (χ0v) is 10.4. The topological polar surface area (TPSA) is 78.7 Å². The molecule has 0 N–H and O–H groups in total. The molecular weight excluding hydrogens is 258 g/mol. The molecule has 1 heterocycles. The molecule has 0 amide bonds. The molecule has 0 radical (unpaired) electrons. The number of ether oxygens (including phenoxy) is 2. The van der Waals surface area contributed by atoms with Crippen molar-refractivity contribution in [2.45, 2.75) is 0 Å². The average Bonchev–Trinajstić information content (AvgIpc) is 2.80. The van der Waals surface area contributed by atoms with Crippen molar-refractivity contribution in [3.63, 3.8) is 0 Å². The van der Waals surface area contributed by atoms with Gasteiger partial charge in [0.05, 0.1) is 29.9 Å². The molecular formula is C11H9NO5S. The van der Waals surface area contributed by atoms with Crippen LogP contribution in [0.5, 0.6) is 5.75 Å². The van der Waals surface area contributed by atoms with Crippen LogP contribution in [0.3, 0.4) is 0 Å². The fourth-order valence-electron chi connectivity index (χ4n) is 1.56. The second kappa shape index (κ2) is 4.61. The number of methoxy groups -OCH3 is 2. The van der Waals surface area contributed by atoms with Crippen molar-refractivity contribution < 1.29 is 19.2 Å². The number of carbonyl (C=O) groups is 1. The standard InChI is InChI=1S/C11H9NO5S/c1-16-8-5-7(12(14)15)3-6-4-9(11(13)17-2)18-10(6)8/h3-5H,1-2H3. The minimum Gasteiger partial charge on any atom is -0.495 e. The molecule has 0 aliphatic carbocycles. The second-order valence-electron chi connectivity index (χ2n) is 3.43. The fourth-order valence-corrected chi connectivity index (χ4v) is 2.61. The highest BCUT2D eigenvalue weighted by Crippen LogP contribution is 2.37. The van der Waals surface area contributed by atoms with E-state index in [0.29, 0.717) is 20.7 Å². The highest BCUT2D eigenvalue weighted by atomic mass is 32.1. The van der Waals surface area contributed by atoms with Crippen molar-refractivity contribution in [3.05, 3.63) is 33.2 Å². The molecule has 0 aliphatic heterocycles. The summed E-state index contributed by atoms with van der Waals surface area (Å²) in [4.78, 5) is 22.1.